The van der Waals surface area contributed by atoms with Gasteiger partial charge in [0.05, 0.1) is 16.6 Å². The zero-order valence-electron chi connectivity index (χ0n) is 16.7. The van der Waals surface area contributed by atoms with Crippen molar-refractivity contribution in [1.82, 2.24) is 0 Å². The van der Waals surface area contributed by atoms with E-state index in [1.54, 1.807) is 36.4 Å². The standard InChI is InChI=1S/C24H14Cl2FNO5/c25-14-4-1-12(2-5-14)21-20(22(29)13-3-8-18-19(9-13)33-11-32-18)23(30)24(31)28(21)15-6-7-17(27)16(26)10-15/h1-10,21,29H,11H2/b22-20-. The molecule has 1 amide bonds. The van der Waals surface area contributed by atoms with E-state index in [1.165, 1.54) is 23.1 Å². The number of carbonyl (C=O) groups is 2. The summed E-state index contributed by atoms with van der Waals surface area (Å²) in [6, 6.07) is 13.9. The maximum atomic E-state index is 13.8. The van der Waals surface area contributed by atoms with E-state index in [0.717, 1.165) is 6.07 Å². The van der Waals surface area contributed by atoms with Crippen molar-refractivity contribution >= 4 is 46.3 Å². The van der Waals surface area contributed by atoms with Crippen molar-refractivity contribution in [2.45, 2.75) is 6.04 Å². The van der Waals surface area contributed by atoms with Crippen LogP contribution in [-0.2, 0) is 9.59 Å². The van der Waals surface area contributed by atoms with Crippen LogP contribution < -0.4 is 14.4 Å². The lowest BCUT2D eigenvalue weighted by Crippen LogP contribution is -2.29. The van der Waals surface area contributed by atoms with Crippen molar-refractivity contribution in [1.29, 1.82) is 0 Å². The molecule has 0 spiro atoms. The number of fused-ring (bicyclic) bond motifs is 1. The number of aliphatic hydroxyl groups excluding tert-OH is 1. The van der Waals surface area contributed by atoms with Gasteiger partial charge in [0.2, 0.25) is 6.79 Å². The van der Waals surface area contributed by atoms with Crippen LogP contribution in [-0.4, -0.2) is 23.6 Å². The Morgan fingerprint density at radius 1 is 0.970 bits per heavy atom. The molecule has 1 saturated heterocycles. The number of hydrogen-bond donors (Lipinski definition) is 1. The number of aliphatic hydroxyl groups is 1. The number of ether oxygens (including phenoxy) is 2. The van der Waals surface area contributed by atoms with Gasteiger partial charge in [-0.2, -0.15) is 0 Å². The molecule has 0 aliphatic carbocycles. The molecule has 0 radical (unpaired) electrons. The first-order valence-electron chi connectivity index (χ1n) is 9.76. The monoisotopic (exact) mass is 485 g/mol. The first kappa shape index (κ1) is 21.3. The van der Waals surface area contributed by atoms with E-state index in [2.05, 4.69) is 0 Å². The lowest BCUT2D eigenvalue weighted by molar-refractivity contribution is -0.132. The van der Waals surface area contributed by atoms with Gasteiger partial charge >= 0.3 is 0 Å². The second-order valence-corrected chi connectivity index (χ2v) is 8.23. The maximum Gasteiger partial charge on any atom is 0.300 e. The smallest absolute Gasteiger partial charge is 0.300 e. The minimum atomic E-state index is -1.01. The molecule has 1 N–H and O–H groups in total. The fourth-order valence-electron chi connectivity index (χ4n) is 3.89. The molecular formula is C24H14Cl2FNO5. The molecule has 1 fully saturated rings. The number of hydrogen-bond acceptors (Lipinski definition) is 5. The summed E-state index contributed by atoms with van der Waals surface area (Å²) in [7, 11) is 0. The van der Waals surface area contributed by atoms with Gasteiger partial charge < -0.3 is 14.6 Å². The number of ketones is 1. The van der Waals surface area contributed by atoms with Gasteiger partial charge in [-0.3, -0.25) is 14.5 Å². The summed E-state index contributed by atoms with van der Waals surface area (Å²) in [6.45, 7) is 0.0417. The summed E-state index contributed by atoms with van der Waals surface area (Å²) < 4.78 is 24.4. The van der Waals surface area contributed by atoms with E-state index in [0.29, 0.717) is 22.1 Å². The predicted octanol–water partition coefficient (Wildman–Crippen LogP) is 5.49. The summed E-state index contributed by atoms with van der Waals surface area (Å²) in [5.74, 6) is -1.93. The zero-order valence-corrected chi connectivity index (χ0v) is 18.2. The third kappa shape index (κ3) is 3.59. The Hall–Kier alpha value is -3.55. The number of benzene rings is 3. The van der Waals surface area contributed by atoms with E-state index in [1.807, 2.05) is 0 Å². The minimum absolute atomic E-state index is 0.0417. The van der Waals surface area contributed by atoms with Crippen molar-refractivity contribution in [2.24, 2.45) is 0 Å². The zero-order chi connectivity index (χ0) is 23.3. The van der Waals surface area contributed by atoms with Crippen molar-refractivity contribution in [3.05, 3.63) is 93.2 Å². The van der Waals surface area contributed by atoms with Gasteiger partial charge in [-0.15, -0.1) is 0 Å². The number of carbonyl (C=O) groups excluding carboxylic acids is 2. The Balaban J connectivity index is 1.71. The highest BCUT2D eigenvalue weighted by molar-refractivity contribution is 6.51. The van der Waals surface area contributed by atoms with Gasteiger partial charge in [0.15, 0.2) is 11.5 Å². The summed E-state index contributed by atoms with van der Waals surface area (Å²) in [5, 5.41) is 11.4. The van der Waals surface area contributed by atoms with E-state index in [-0.39, 0.29) is 34.4 Å². The average molecular weight is 486 g/mol. The Bertz CT molecular complexity index is 1340. The molecule has 0 saturated carbocycles. The molecule has 0 aromatic heterocycles. The van der Waals surface area contributed by atoms with Crippen LogP contribution in [0.2, 0.25) is 10.0 Å². The van der Waals surface area contributed by atoms with Crippen molar-refractivity contribution in [2.75, 3.05) is 11.7 Å². The number of halogens is 3. The molecule has 2 aliphatic rings. The molecular weight excluding hydrogens is 472 g/mol. The molecule has 1 atom stereocenters. The minimum Gasteiger partial charge on any atom is -0.507 e. The summed E-state index contributed by atoms with van der Waals surface area (Å²) >= 11 is 12.0. The summed E-state index contributed by atoms with van der Waals surface area (Å²) in [6.07, 6.45) is 0. The first-order valence-corrected chi connectivity index (χ1v) is 10.5. The quantitative estimate of drug-likeness (QED) is 0.301. The molecule has 9 heteroatoms. The van der Waals surface area contributed by atoms with Gasteiger partial charge in [-0.1, -0.05) is 35.3 Å². The van der Waals surface area contributed by atoms with Crippen LogP contribution in [0.3, 0.4) is 0 Å². The first-order chi connectivity index (χ1) is 15.8. The SMILES string of the molecule is O=C1C(=O)N(c2ccc(F)c(Cl)c2)C(c2ccc(Cl)cc2)/C1=C(/O)c1ccc2c(c1)OCO2. The topological polar surface area (TPSA) is 76.1 Å². The fourth-order valence-corrected chi connectivity index (χ4v) is 4.19. The number of rotatable bonds is 3. The molecule has 2 heterocycles. The molecule has 3 aromatic rings. The van der Waals surface area contributed by atoms with Gasteiger partial charge in [-0.05, 0) is 54.1 Å². The van der Waals surface area contributed by atoms with Crippen LogP contribution in [0.1, 0.15) is 17.2 Å². The van der Waals surface area contributed by atoms with Crippen LogP contribution in [0.4, 0.5) is 10.1 Å². The molecule has 0 bridgehead atoms. The molecule has 2 aliphatic heterocycles. The number of amides is 1. The van der Waals surface area contributed by atoms with Crippen molar-refractivity contribution in [3.63, 3.8) is 0 Å². The van der Waals surface area contributed by atoms with Crippen molar-refractivity contribution in [3.8, 4) is 11.5 Å². The molecule has 33 heavy (non-hydrogen) atoms. The van der Waals surface area contributed by atoms with E-state index >= 15 is 0 Å². The predicted molar refractivity (Wildman–Crippen MR) is 120 cm³/mol. The highest BCUT2D eigenvalue weighted by Gasteiger charge is 2.47. The van der Waals surface area contributed by atoms with Gasteiger partial charge in [-0.25, -0.2) is 4.39 Å². The largest absolute Gasteiger partial charge is 0.507 e. The molecule has 1 unspecified atom stereocenters. The molecule has 166 valence electrons. The van der Waals surface area contributed by atoms with Crippen LogP contribution in [0.5, 0.6) is 11.5 Å². The summed E-state index contributed by atoms with van der Waals surface area (Å²) in [5.41, 5.74) is 0.851. The number of anilines is 1. The van der Waals surface area contributed by atoms with Crippen LogP contribution in [0.25, 0.3) is 5.76 Å². The normalized spacial score (nSPS) is 18.8. The highest BCUT2D eigenvalue weighted by atomic mass is 35.5. The maximum absolute atomic E-state index is 13.8. The van der Waals surface area contributed by atoms with Crippen LogP contribution in [0, 0.1) is 5.82 Å². The Morgan fingerprint density at radius 2 is 1.70 bits per heavy atom. The Morgan fingerprint density at radius 3 is 2.42 bits per heavy atom. The molecule has 6 nitrogen and oxygen atoms in total. The molecule has 5 rings (SSSR count). The molecule has 3 aromatic carbocycles. The van der Waals surface area contributed by atoms with E-state index in [9.17, 15) is 19.1 Å². The van der Waals surface area contributed by atoms with Gasteiger partial charge in [0.25, 0.3) is 11.7 Å². The number of nitrogens with zero attached hydrogens (tertiary/aromatic N) is 1. The van der Waals surface area contributed by atoms with Crippen molar-refractivity contribution < 1.29 is 28.6 Å². The van der Waals surface area contributed by atoms with Gasteiger partial charge in [0.1, 0.15) is 11.6 Å². The van der Waals surface area contributed by atoms with Crippen LogP contribution in [0.15, 0.2) is 66.2 Å². The summed E-state index contributed by atoms with van der Waals surface area (Å²) in [4.78, 5) is 27.4. The highest BCUT2D eigenvalue weighted by Crippen LogP contribution is 2.44. The second kappa shape index (κ2) is 8.10. The third-order valence-electron chi connectivity index (χ3n) is 5.46. The van der Waals surface area contributed by atoms with E-state index in [4.69, 9.17) is 32.7 Å². The number of Topliss-reactive ketones (excluding diaryl/α,β-unsaturated/α-hetero) is 1. The third-order valence-corrected chi connectivity index (χ3v) is 6.00. The second-order valence-electron chi connectivity index (χ2n) is 7.39. The lowest BCUT2D eigenvalue weighted by atomic mass is 9.95. The fraction of sp³-hybridized carbons (Fsp3) is 0.0833. The van der Waals surface area contributed by atoms with Crippen LogP contribution >= 0.6 is 23.2 Å². The van der Waals surface area contributed by atoms with E-state index < -0.39 is 23.5 Å². The average Bonchev–Trinajstić information content (AvgIpc) is 3.38. The Kier molecular flexibility index (Phi) is 5.23. The van der Waals surface area contributed by atoms with Gasteiger partial charge in [0, 0.05) is 16.3 Å². The lowest BCUT2D eigenvalue weighted by Gasteiger charge is -2.25. The Labute approximate surface area is 197 Å².